The molecule has 1 fully saturated rings. The normalized spacial score (nSPS) is 14.6. The van der Waals surface area contributed by atoms with E-state index in [0.29, 0.717) is 0 Å². The van der Waals surface area contributed by atoms with Gasteiger partial charge in [0.05, 0.1) is 11.4 Å². The quantitative estimate of drug-likeness (QED) is 0.739. The van der Waals surface area contributed by atoms with Gasteiger partial charge in [-0.1, -0.05) is 6.07 Å². The molecule has 0 spiro atoms. The van der Waals surface area contributed by atoms with Crippen molar-refractivity contribution in [1.29, 1.82) is 0 Å². The van der Waals surface area contributed by atoms with Gasteiger partial charge >= 0.3 is 0 Å². The van der Waals surface area contributed by atoms with Gasteiger partial charge in [0.1, 0.15) is 5.82 Å². The van der Waals surface area contributed by atoms with E-state index in [1.807, 2.05) is 30.3 Å². The Bertz CT molecular complexity index is 741. The summed E-state index contributed by atoms with van der Waals surface area (Å²) in [6, 6.07) is 11.8. The first kappa shape index (κ1) is 14.8. The molecule has 0 atom stereocenters. The summed E-state index contributed by atoms with van der Waals surface area (Å²) >= 11 is 0. The minimum absolute atomic E-state index is 0.723. The highest BCUT2D eigenvalue weighted by atomic mass is 15.2. The summed E-state index contributed by atoms with van der Waals surface area (Å²) in [4.78, 5) is 20.4. The van der Waals surface area contributed by atoms with E-state index in [0.717, 1.165) is 41.7 Å². The maximum absolute atomic E-state index is 4.81. The molecule has 3 aromatic heterocycles. The fourth-order valence-electron chi connectivity index (χ4n) is 3.00. The molecule has 0 amide bonds. The molecular formula is C19H19N5. The van der Waals surface area contributed by atoms with Gasteiger partial charge in [0.2, 0.25) is 0 Å². The Morgan fingerprint density at radius 1 is 0.792 bits per heavy atom. The van der Waals surface area contributed by atoms with Crippen molar-refractivity contribution in [3.8, 4) is 22.8 Å². The standard InChI is InChI=1S/C19H19N5/c1-4-12-24(13-5-1)18-14-17(16-6-2-3-9-21-16)22-19(23-18)15-7-10-20-11-8-15/h2-3,6-11,14H,1,4-5,12-13H2. The number of piperidine rings is 1. The third kappa shape index (κ3) is 3.11. The van der Waals surface area contributed by atoms with Crippen LogP contribution in [0.25, 0.3) is 22.8 Å². The highest BCUT2D eigenvalue weighted by Crippen LogP contribution is 2.26. The van der Waals surface area contributed by atoms with Gasteiger partial charge in [-0.15, -0.1) is 0 Å². The third-order valence-electron chi connectivity index (χ3n) is 4.26. The van der Waals surface area contributed by atoms with E-state index >= 15 is 0 Å². The molecule has 5 heteroatoms. The molecule has 0 N–H and O–H groups in total. The first-order valence-corrected chi connectivity index (χ1v) is 8.36. The van der Waals surface area contributed by atoms with E-state index in [1.54, 1.807) is 18.6 Å². The van der Waals surface area contributed by atoms with Crippen LogP contribution >= 0.6 is 0 Å². The van der Waals surface area contributed by atoms with Gasteiger partial charge < -0.3 is 4.90 Å². The van der Waals surface area contributed by atoms with E-state index in [4.69, 9.17) is 9.97 Å². The summed E-state index contributed by atoms with van der Waals surface area (Å²) < 4.78 is 0. The van der Waals surface area contributed by atoms with Crippen LogP contribution in [0, 0.1) is 0 Å². The average Bonchev–Trinajstić information content (AvgIpc) is 2.70. The van der Waals surface area contributed by atoms with Crippen LogP contribution < -0.4 is 4.90 Å². The lowest BCUT2D eigenvalue weighted by molar-refractivity contribution is 0.573. The smallest absolute Gasteiger partial charge is 0.162 e. The van der Waals surface area contributed by atoms with Crippen LogP contribution in [0.2, 0.25) is 0 Å². The van der Waals surface area contributed by atoms with Crippen molar-refractivity contribution >= 4 is 5.82 Å². The largest absolute Gasteiger partial charge is 0.356 e. The van der Waals surface area contributed by atoms with Crippen molar-refractivity contribution < 1.29 is 0 Å². The minimum atomic E-state index is 0.723. The van der Waals surface area contributed by atoms with Gasteiger partial charge in [0.15, 0.2) is 5.82 Å². The predicted molar refractivity (Wildman–Crippen MR) is 94.6 cm³/mol. The van der Waals surface area contributed by atoms with Crippen LogP contribution in [-0.4, -0.2) is 33.0 Å². The Morgan fingerprint density at radius 2 is 1.62 bits per heavy atom. The van der Waals surface area contributed by atoms with Crippen molar-refractivity contribution in [1.82, 2.24) is 19.9 Å². The number of pyridine rings is 2. The Kier molecular flexibility index (Phi) is 4.14. The number of hydrogen-bond donors (Lipinski definition) is 0. The zero-order valence-corrected chi connectivity index (χ0v) is 13.5. The Hall–Kier alpha value is -2.82. The summed E-state index contributed by atoms with van der Waals surface area (Å²) in [5.41, 5.74) is 2.70. The monoisotopic (exact) mass is 317 g/mol. The fourth-order valence-corrected chi connectivity index (χ4v) is 3.00. The summed E-state index contributed by atoms with van der Waals surface area (Å²) in [7, 11) is 0. The molecule has 0 radical (unpaired) electrons. The molecule has 120 valence electrons. The second kappa shape index (κ2) is 6.74. The van der Waals surface area contributed by atoms with E-state index in [2.05, 4.69) is 20.9 Å². The van der Waals surface area contributed by atoms with Crippen molar-refractivity contribution in [2.45, 2.75) is 19.3 Å². The van der Waals surface area contributed by atoms with Crippen LogP contribution in [0.4, 0.5) is 5.82 Å². The number of anilines is 1. The SMILES string of the molecule is c1ccc(-c2cc(N3CCCCC3)nc(-c3ccncc3)n2)nc1. The van der Waals surface area contributed by atoms with E-state index in [-0.39, 0.29) is 0 Å². The second-order valence-electron chi connectivity index (χ2n) is 5.93. The molecule has 0 saturated carbocycles. The van der Waals surface area contributed by atoms with Crippen molar-refractivity contribution in [2.75, 3.05) is 18.0 Å². The molecule has 4 heterocycles. The molecule has 0 unspecified atom stereocenters. The predicted octanol–water partition coefficient (Wildman–Crippen LogP) is 3.59. The number of aromatic nitrogens is 4. The Morgan fingerprint density at radius 3 is 2.38 bits per heavy atom. The van der Waals surface area contributed by atoms with Crippen LogP contribution in [0.1, 0.15) is 19.3 Å². The van der Waals surface area contributed by atoms with Gasteiger partial charge in [0.25, 0.3) is 0 Å². The highest BCUT2D eigenvalue weighted by molar-refractivity contribution is 5.65. The van der Waals surface area contributed by atoms with Gasteiger partial charge in [-0.05, 0) is 43.5 Å². The van der Waals surface area contributed by atoms with E-state index in [9.17, 15) is 0 Å². The topological polar surface area (TPSA) is 54.8 Å². The van der Waals surface area contributed by atoms with Gasteiger partial charge in [0, 0.05) is 43.3 Å². The molecular weight excluding hydrogens is 298 g/mol. The molecule has 0 bridgehead atoms. The summed E-state index contributed by atoms with van der Waals surface area (Å²) in [6.07, 6.45) is 9.07. The number of nitrogens with zero attached hydrogens (tertiary/aromatic N) is 5. The fraction of sp³-hybridized carbons (Fsp3) is 0.263. The average molecular weight is 317 g/mol. The third-order valence-corrected chi connectivity index (χ3v) is 4.26. The van der Waals surface area contributed by atoms with Crippen LogP contribution in [0.3, 0.4) is 0 Å². The summed E-state index contributed by atoms with van der Waals surface area (Å²) in [6.45, 7) is 2.10. The first-order valence-electron chi connectivity index (χ1n) is 8.36. The zero-order valence-electron chi connectivity index (χ0n) is 13.5. The van der Waals surface area contributed by atoms with Crippen LogP contribution in [-0.2, 0) is 0 Å². The lowest BCUT2D eigenvalue weighted by Gasteiger charge is -2.28. The molecule has 0 aliphatic carbocycles. The Balaban J connectivity index is 1.81. The molecule has 4 rings (SSSR count). The highest BCUT2D eigenvalue weighted by Gasteiger charge is 2.16. The Labute approximate surface area is 141 Å². The van der Waals surface area contributed by atoms with E-state index < -0.39 is 0 Å². The molecule has 3 aromatic rings. The molecule has 1 saturated heterocycles. The molecule has 24 heavy (non-hydrogen) atoms. The van der Waals surface area contributed by atoms with Crippen LogP contribution in [0.5, 0.6) is 0 Å². The van der Waals surface area contributed by atoms with Gasteiger partial charge in [-0.2, -0.15) is 0 Å². The molecule has 1 aliphatic rings. The number of hydrogen-bond acceptors (Lipinski definition) is 5. The van der Waals surface area contributed by atoms with E-state index in [1.165, 1.54) is 19.3 Å². The second-order valence-corrected chi connectivity index (χ2v) is 5.93. The van der Waals surface area contributed by atoms with Gasteiger partial charge in [-0.25, -0.2) is 9.97 Å². The van der Waals surface area contributed by atoms with Crippen molar-refractivity contribution in [2.24, 2.45) is 0 Å². The minimum Gasteiger partial charge on any atom is -0.356 e. The summed E-state index contributed by atoms with van der Waals surface area (Å²) in [5.74, 6) is 1.71. The molecule has 0 aromatic carbocycles. The maximum atomic E-state index is 4.81. The maximum Gasteiger partial charge on any atom is 0.162 e. The van der Waals surface area contributed by atoms with Crippen LogP contribution in [0.15, 0.2) is 55.0 Å². The number of rotatable bonds is 3. The van der Waals surface area contributed by atoms with Crippen molar-refractivity contribution in [3.05, 3.63) is 55.0 Å². The van der Waals surface area contributed by atoms with Gasteiger partial charge in [-0.3, -0.25) is 9.97 Å². The lowest BCUT2D eigenvalue weighted by atomic mass is 10.1. The van der Waals surface area contributed by atoms with Crippen molar-refractivity contribution in [3.63, 3.8) is 0 Å². The zero-order chi connectivity index (χ0) is 16.2. The summed E-state index contributed by atoms with van der Waals surface area (Å²) in [5, 5.41) is 0. The molecule has 1 aliphatic heterocycles. The molecule has 5 nitrogen and oxygen atoms in total. The first-order chi connectivity index (χ1) is 11.9. The lowest BCUT2D eigenvalue weighted by Crippen LogP contribution is -2.30.